The van der Waals surface area contributed by atoms with Crippen molar-refractivity contribution in [1.29, 1.82) is 0 Å². The average molecular weight is 276 g/mol. The summed E-state index contributed by atoms with van der Waals surface area (Å²) in [5, 5.41) is 10.8. The molecule has 0 atom stereocenters. The van der Waals surface area contributed by atoms with Crippen LogP contribution in [0.3, 0.4) is 0 Å². The van der Waals surface area contributed by atoms with E-state index in [4.69, 9.17) is 11.6 Å². The van der Waals surface area contributed by atoms with Crippen molar-refractivity contribution in [2.75, 3.05) is 5.32 Å². The van der Waals surface area contributed by atoms with Gasteiger partial charge in [0.25, 0.3) is 0 Å². The molecule has 0 spiro atoms. The molecule has 0 saturated heterocycles. The van der Waals surface area contributed by atoms with Crippen molar-refractivity contribution in [2.45, 2.75) is 13.5 Å². The first kappa shape index (κ1) is 11.8. The van der Waals surface area contributed by atoms with Crippen LogP contribution in [0.5, 0.6) is 0 Å². The van der Waals surface area contributed by atoms with Gasteiger partial charge in [-0.3, -0.25) is 15.1 Å². The van der Waals surface area contributed by atoms with Crippen LogP contribution in [0, 0.1) is 6.92 Å². The van der Waals surface area contributed by atoms with Crippen LogP contribution >= 0.6 is 11.6 Å². The summed E-state index contributed by atoms with van der Waals surface area (Å²) < 4.78 is 0. The molecule has 0 fully saturated rings. The van der Waals surface area contributed by atoms with Crippen LogP contribution in [0.2, 0.25) is 5.28 Å². The molecule has 2 N–H and O–H groups in total. The number of halogens is 1. The zero-order valence-corrected chi connectivity index (χ0v) is 10.8. The summed E-state index contributed by atoms with van der Waals surface area (Å²) >= 11 is 5.85. The number of hydrogen-bond acceptors (Lipinski definition) is 6. The molecule has 7 nitrogen and oxygen atoms in total. The van der Waals surface area contributed by atoms with E-state index in [1.165, 1.54) is 0 Å². The van der Waals surface area contributed by atoms with E-state index in [2.05, 4.69) is 35.5 Å². The van der Waals surface area contributed by atoms with Gasteiger partial charge >= 0.3 is 0 Å². The van der Waals surface area contributed by atoms with Crippen LogP contribution < -0.4 is 5.32 Å². The van der Waals surface area contributed by atoms with E-state index in [1.807, 2.05) is 6.92 Å². The third-order valence-corrected chi connectivity index (χ3v) is 2.72. The highest BCUT2D eigenvalue weighted by molar-refractivity contribution is 6.28. The Balaban J connectivity index is 1.85. The fourth-order valence-corrected chi connectivity index (χ4v) is 1.80. The second-order valence-corrected chi connectivity index (χ2v) is 4.31. The number of H-pyrrole nitrogens is 1. The Morgan fingerprint density at radius 3 is 2.89 bits per heavy atom. The molecule has 0 aromatic carbocycles. The standard InChI is InChI=1S/C11H10ClN7/c1-6-2-14-7(3-13-6)4-15-9-8-5-16-19-10(8)18-11(12)17-9/h2-3,5H,4H2,1H3,(H2,15,16,17,18,19). The third-order valence-electron chi connectivity index (χ3n) is 2.55. The van der Waals surface area contributed by atoms with Crippen molar-refractivity contribution >= 4 is 28.5 Å². The Morgan fingerprint density at radius 1 is 1.21 bits per heavy atom. The summed E-state index contributed by atoms with van der Waals surface area (Å²) in [6, 6.07) is 0. The van der Waals surface area contributed by atoms with Crippen LogP contribution in [-0.2, 0) is 6.54 Å². The Morgan fingerprint density at radius 2 is 2.11 bits per heavy atom. The van der Waals surface area contributed by atoms with Gasteiger partial charge in [-0.25, -0.2) is 0 Å². The summed E-state index contributed by atoms with van der Waals surface area (Å²) in [7, 11) is 0. The minimum Gasteiger partial charge on any atom is -0.364 e. The monoisotopic (exact) mass is 275 g/mol. The number of anilines is 1. The molecule has 3 heterocycles. The molecule has 0 amide bonds. The number of nitrogens with zero attached hydrogens (tertiary/aromatic N) is 5. The summed E-state index contributed by atoms with van der Waals surface area (Å²) in [5.74, 6) is 0.617. The van der Waals surface area contributed by atoms with Crippen molar-refractivity contribution in [3.05, 3.63) is 35.3 Å². The molecule has 3 aromatic heterocycles. The lowest BCUT2D eigenvalue weighted by molar-refractivity contribution is 0.976. The first-order chi connectivity index (χ1) is 9.22. The van der Waals surface area contributed by atoms with Gasteiger partial charge in [0.2, 0.25) is 5.28 Å². The lowest BCUT2D eigenvalue weighted by Gasteiger charge is -2.06. The molecular weight excluding hydrogens is 266 g/mol. The number of hydrogen-bond donors (Lipinski definition) is 2. The predicted molar refractivity (Wildman–Crippen MR) is 70.8 cm³/mol. The van der Waals surface area contributed by atoms with Gasteiger partial charge in [-0.15, -0.1) is 0 Å². The van der Waals surface area contributed by atoms with Crippen LogP contribution in [0.15, 0.2) is 18.6 Å². The molecule has 0 aliphatic carbocycles. The van der Waals surface area contributed by atoms with Crippen molar-refractivity contribution in [3.8, 4) is 0 Å². The molecule has 0 bridgehead atoms. The van der Waals surface area contributed by atoms with E-state index in [-0.39, 0.29) is 5.28 Å². The molecule has 0 saturated carbocycles. The number of rotatable bonds is 3. The summed E-state index contributed by atoms with van der Waals surface area (Å²) in [6.45, 7) is 2.39. The maximum Gasteiger partial charge on any atom is 0.226 e. The van der Waals surface area contributed by atoms with E-state index in [9.17, 15) is 0 Å². The minimum absolute atomic E-state index is 0.161. The first-order valence-electron chi connectivity index (χ1n) is 5.60. The Kier molecular flexibility index (Phi) is 2.96. The minimum atomic E-state index is 0.161. The van der Waals surface area contributed by atoms with Crippen molar-refractivity contribution in [2.24, 2.45) is 0 Å². The third kappa shape index (κ3) is 2.45. The fraction of sp³-hybridized carbons (Fsp3) is 0.182. The van der Waals surface area contributed by atoms with Gasteiger partial charge in [0.1, 0.15) is 5.82 Å². The zero-order valence-electron chi connectivity index (χ0n) is 10.1. The molecule has 19 heavy (non-hydrogen) atoms. The van der Waals surface area contributed by atoms with Gasteiger partial charge in [0, 0.05) is 6.20 Å². The number of fused-ring (bicyclic) bond motifs is 1. The molecule has 3 aromatic rings. The molecule has 0 aliphatic rings. The Hall–Kier alpha value is -2.28. The SMILES string of the molecule is Cc1cnc(CNc2nc(Cl)nc3[nH]ncc23)cn1. The normalized spacial score (nSPS) is 10.8. The second-order valence-electron chi connectivity index (χ2n) is 3.98. The fourth-order valence-electron chi connectivity index (χ4n) is 1.63. The van der Waals surface area contributed by atoms with E-state index < -0.39 is 0 Å². The topological polar surface area (TPSA) is 92.3 Å². The van der Waals surface area contributed by atoms with E-state index >= 15 is 0 Å². The lowest BCUT2D eigenvalue weighted by Crippen LogP contribution is -2.05. The molecule has 0 radical (unpaired) electrons. The Bertz CT molecular complexity index is 707. The second kappa shape index (κ2) is 4.77. The highest BCUT2D eigenvalue weighted by Gasteiger charge is 2.08. The highest BCUT2D eigenvalue weighted by Crippen LogP contribution is 2.20. The zero-order chi connectivity index (χ0) is 13.2. The number of aryl methyl sites for hydroxylation is 1. The van der Waals surface area contributed by atoms with E-state index in [1.54, 1.807) is 18.6 Å². The quantitative estimate of drug-likeness (QED) is 0.707. The maximum atomic E-state index is 5.85. The molecular formula is C11H10ClN7. The lowest BCUT2D eigenvalue weighted by atomic mass is 10.3. The number of nitrogens with one attached hydrogen (secondary N) is 2. The highest BCUT2D eigenvalue weighted by atomic mass is 35.5. The molecule has 3 rings (SSSR count). The number of aromatic amines is 1. The number of aromatic nitrogens is 6. The van der Waals surface area contributed by atoms with Gasteiger partial charge in [-0.2, -0.15) is 15.1 Å². The molecule has 96 valence electrons. The molecule has 8 heteroatoms. The van der Waals surface area contributed by atoms with Crippen LogP contribution in [0.25, 0.3) is 11.0 Å². The summed E-state index contributed by atoms with van der Waals surface area (Å²) in [4.78, 5) is 16.6. The van der Waals surface area contributed by atoms with Gasteiger partial charge in [-0.05, 0) is 18.5 Å². The smallest absolute Gasteiger partial charge is 0.226 e. The van der Waals surface area contributed by atoms with Crippen molar-refractivity contribution in [3.63, 3.8) is 0 Å². The van der Waals surface area contributed by atoms with Crippen LogP contribution in [-0.4, -0.2) is 30.1 Å². The maximum absolute atomic E-state index is 5.85. The largest absolute Gasteiger partial charge is 0.364 e. The van der Waals surface area contributed by atoms with Gasteiger partial charge in [-0.1, -0.05) is 0 Å². The van der Waals surface area contributed by atoms with Gasteiger partial charge in [0.15, 0.2) is 5.65 Å². The first-order valence-corrected chi connectivity index (χ1v) is 5.98. The summed E-state index contributed by atoms with van der Waals surface area (Å²) in [6.07, 6.45) is 5.09. The van der Waals surface area contributed by atoms with Crippen LogP contribution in [0.4, 0.5) is 5.82 Å². The van der Waals surface area contributed by atoms with E-state index in [0.29, 0.717) is 18.0 Å². The molecule has 0 unspecified atom stereocenters. The predicted octanol–water partition coefficient (Wildman–Crippen LogP) is 1.72. The average Bonchev–Trinajstić information content (AvgIpc) is 2.85. The summed E-state index contributed by atoms with van der Waals surface area (Å²) in [5.41, 5.74) is 2.29. The van der Waals surface area contributed by atoms with Gasteiger partial charge < -0.3 is 5.32 Å². The van der Waals surface area contributed by atoms with E-state index in [0.717, 1.165) is 16.8 Å². The Labute approximate surface area is 113 Å². The van der Waals surface area contributed by atoms with Crippen molar-refractivity contribution in [1.82, 2.24) is 30.1 Å². The van der Waals surface area contributed by atoms with Crippen LogP contribution in [0.1, 0.15) is 11.4 Å². The van der Waals surface area contributed by atoms with Gasteiger partial charge in [0.05, 0.1) is 35.7 Å². The van der Waals surface area contributed by atoms with Crippen molar-refractivity contribution < 1.29 is 0 Å². The molecule has 0 aliphatic heterocycles.